The maximum atomic E-state index is 12.5. The van der Waals surface area contributed by atoms with Crippen molar-refractivity contribution in [3.8, 4) is 0 Å². The maximum Gasteiger partial charge on any atom is 0.264 e. The minimum Gasteiger partial charge on any atom is -0.322 e. The molecule has 0 bridgehead atoms. The van der Waals surface area contributed by atoms with E-state index >= 15 is 0 Å². The third-order valence-electron chi connectivity index (χ3n) is 3.35. The Kier molecular flexibility index (Phi) is 5.76. The molecule has 0 fully saturated rings. The van der Waals surface area contributed by atoms with Gasteiger partial charge in [-0.2, -0.15) is 0 Å². The highest BCUT2D eigenvalue weighted by molar-refractivity contribution is 9.10. The summed E-state index contributed by atoms with van der Waals surface area (Å²) in [6, 6.07) is 11.6. The molecule has 6 nitrogen and oxygen atoms in total. The van der Waals surface area contributed by atoms with Crippen LogP contribution in [0.4, 0.5) is 5.69 Å². The molecule has 0 aliphatic heterocycles. The fourth-order valence-corrected chi connectivity index (χ4v) is 3.43. The number of benzene rings is 2. The van der Waals surface area contributed by atoms with Crippen molar-refractivity contribution in [1.29, 1.82) is 0 Å². The molecule has 0 heterocycles. The molecule has 8 heteroatoms. The predicted molar refractivity (Wildman–Crippen MR) is 95.2 cm³/mol. The summed E-state index contributed by atoms with van der Waals surface area (Å²) in [7, 11) is -1.30. The van der Waals surface area contributed by atoms with E-state index in [0.29, 0.717) is 10.2 Å². The average molecular weight is 413 g/mol. The molecule has 0 aliphatic carbocycles. The Labute approximate surface area is 149 Å². The number of rotatable bonds is 5. The molecule has 1 N–H and O–H groups in total. The van der Waals surface area contributed by atoms with Crippen LogP contribution in [0.1, 0.15) is 15.9 Å². The number of carbonyl (C=O) groups excluding carboxylic acids is 1. The Hall–Kier alpha value is -1.74. The van der Waals surface area contributed by atoms with Crippen molar-refractivity contribution in [1.82, 2.24) is 4.47 Å². The fourth-order valence-electron chi connectivity index (χ4n) is 2.01. The second kappa shape index (κ2) is 7.43. The van der Waals surface area contributed by atoms with Crippen LogP contribution in [0.3, 0.4) is 0 Å². The maximum absolute atomic E-state index is 12.5. The first kappa shape index (κ1) is 18.6. The zero-order valence-electron chi connectivity index (χ0n) is 13.4. The van der Waals surface area contributed by atoms with Gasteiger partial charge in [0, 0.05) is 17.2 Å². The largest absolute Gasteiger partial charge is 0.322 e. The van der Waals surface area contributed by atoms with Crippen LogP contribution in [-0.2, 0) is 14.9 Å². The number of hydroxylamine groups is 1. The van der Waals surface area contributed by atoms with Gasteiger partial charge >= 0.3 is 0 Å². The Morgan fingerprint density at radius 3 is 2.54 bits per heavy atom. The van der Waals surface area contributed by atoms with E-state index in [9.17, 15) is 13.2 Å². The first-order valence-electron chi connectivity index (χ1n) is 6.96. The third kappa shape index (κ3) is 4.02. The molecule has 0 aromatic heterocycles. The second-order valence-corrected chi connectivity index (χ2v) is 7.85. The Morgan fingerprint density at radius 2 is 1.92 bits per heavy atom. The highest BCUT2D eigenvalue weighted by atomic mass is 79.9. The molecule has 2 rings (SSSR count). The quantitative estimate of drug-likeness (QED) is 0.764. The van der Waals surface area contributed by atoms with Crippen molar-refractivity contribution >= 4 is 37.5 Å². The van der Waals surface area contributed by atoms with Gasteiger partial charge < -0.3 is 5.32 Å². The van der Waals surface area contributed by atoms with Gasteiger partial charge in [0.25, 0.3) is 15.9 Å². The van der Waals surface area contributed by atoms with Crippen LogP contribution in [0.2, 0.25) is 0 Å². The summed E-state index contributed by atoms with van der Waals surface area (Å²) in [5, 5.41) is 2.75. The minimum atomic E-state index is -3.83. The molecular formula is C16H17BrN2O4S. The van der Waals surface area contributed by atoms with Crippen molar-refractivity contribution in [2.24, 2.45) is 0 Å². The summed E-state index contributed by atoms with van der Waals surface area (Å²) < 4.78 is 25.8. The standard InChI is InChI=1S/C16H17BrN2O4S/c1-11-5-4-6-12(9-11)18-16(20)14-10-13(7-8-15(14)17)24(21,22)19(2)23-3/h4-10H,1-3H3,(H,18,20). The molecule has 2 aromatic rings. The van der Waals surface area contributed by atoms with E-state index in [0.717, 1.165) is 10.0 Å². The van der Waals surface area contributed by atoms with Crippen LogP contribution >= 0.6 is 15.9 Å². The van der Waals surface area contributed by atoms with Gasteiger partial charge in [0.05, 0.1) is 17.6 Å². The molecule has 0 saturated carbocycles. The lowest BCUT2D eigenvalue weighted by Crippen LogP contribution is -2.26. The molecule has 0 atom stereocenters. The molecular weight excluding hydrogens is 396 g/mol. The Bertz CT molecular complexity index is 868. The van der Waals surface area contributed by atoms with Crippen LogP contribution in [0, 0.1) is 6.92 Å². The first-order chi connectivity index (χ1) is 11.3. The number of hydrogen-bond donors (Lipinski definition) is 1. The van der Waals surface area contributed by atoms with E-state index in [-0.39, 0.29) is 10.5 Å². The lowest BCUT2D eigenvalue weighted by atomic mass is 10.2. The van der Waals surface area contributed by atoms with Gasteiger partial charge in [0.15, 0.2) is 0 Å². The van der Waals surface area contributed by atoms with E-state index in [1.165, 1.54) is 32.4 Å². The van der Waals surface area contributed by atoms with E-state index < -0.39 is 15.9 Å². The van der Waals surface area contributed by atoms with Gasteiger partial charge in [-0.1, -0.05) is 16.6 Å². The van der Waals surface area contributed by atoms with E-state index in [1.54, 1.807) is 6.07 Å². The third-order valence-corrected chi connectivity index (χ3v) is 5.72. The second-order valence-electron chi connectivity index (χ2n) is 5.06. The van der Waals surface area contributed by atoms with Crippen LogP contribution in [0.25, 0.3) is 0 Å². The van der Waals surface area contributed by atoms with Gasteiger partial charge in [-0.15, -0.1) is 0 Å². The molecule has 0 unspecified atom stereocenters. The topological polar surface area (TPSA) is 75.7 Å². The highest BCUT2D eigenvalue weighted by Crippen LogP contribution is 2.24. The normalized spacial score (nSPS) is 11.5. The number of nitrogens with one attached hydrogen (secondary N) is 1. The fraction of sp³-hybridized carbons (Fsp3) is 0.188. The molecule has 128 valence electrons. The van der Waals surface area contributed by atoms with E-state index in [2.05, 4.69) is 21.2 Å². The number of hydrogen-bond acceptors (Lipinski definition) is 4. The van der Waals surface area contributed by atoms with Crippen molar-refractivity contribution in [2.75, 3.05) is 19.5 Å². The van der Waals surface area contributed by atoms with Crippen LogP contribution in [-0.4, -0.2) is 33.0 Å². The SMILES string of the molecule is CON(C)S(=O)(=O)c1ccc(Br)c(C(=O)Nc2cccc(C)c2)c1. The van der Waals surface area contributed by atoms with Gasteiger partial charge in [-0.25, -0.2) is 8.42 Å². The molecule has 2 aromatic carbocycles. The van der Waals surface area contributed by atoms with Crippen LogP contribution < -0.4 is 5.32 Å². The molecule has 1 amide bonds. The van der Waals surface area contributed by atoms with Gasteiger partial charge in [0.2, 0.25) is 0 Å². The van der Waals surface area contributed by atoms with Gasteiger partial charge in [0.1, 0.15) is 0 Å². The molecule has 0 radical (unpaired) electrons. The molecule has 0 spiro atoms. The summed E-state index contributed by atoms with van der Waals surface area (Å²) in [5.41, 5.74) is 1.85. The smallest absolute Gasteiger partial charge is 0.264 e. The molecule has 0 saturated heterocycles. The zero-order valence-corrected chi connectivity index (χ0v) is 15.8. The zero-order chi connectivity index (χ0) is 17.9. The van der Waals surface area contributed by atoms with Crippen molar-refractivity contribution in [3.05, 3.63) is 58.1 Å². The van der Waals surface area contributed by atoms with Crippen molar-refractivity contribution < 1.29 is 18.0 Å². The highest BCUT2D eigenvalue weighted by Gasteiger charge is 2.23. The summed E-state index contributed by atoms with van der Waals surface area (Å²) in [6.07, 6.45) is 0. The number of halogens is 1. The lowest BCUT2D eigenvalue weighted by molar-refractivity contribution is -0.0258. The Balaban J connectivity index is 2.37. The van der Waals surface area contributed by atoms with Crippen molar-refractivity contribution in [3.63, 3.8) is 0 Å². The van der Waals surface area contributed by atoms with Gasteiger partial charge in [-0.3, -0.25) is 9.63 Å². The monoisotopic (exact) mass is 412 g/mol. The van der Waals surface area contributed by atoms with Crippen LogP contribution in [0.15, 0.2) is 51.8 Å². The predicted octanol–water partition coefficient (Wildman–Crippen LogP) is 3.19. The number of aryl methyl sites for hydroxylation is 1. The number of amides is 1. The number of anilines is 1. The summed E-state index contributed by atoms with van der Waals surface area (Å²) in [5.74, 6) is -0.412. The number of sulfonamides is 1. The van der Waals surface area contributed by atoms with Crippen molar-refractivity contribution in [2.45, 2.75) is 11.8 Å². The first-order valence-corrected chi connectivity index (χ1v) is 9.19. The minimum absolute atomic E-state index is 0.0376. The molecule has 24 heavy (non-hydrogen) atoms. The van der Waals surface area contributed by atoms with Crippen LogP contribution in [0.5, 0.6) is 0 Å². The molecule has 0 aliphatic rings. The number of carbonyl (C=O) groups is 1. The average Bonchev–Trinajstić information content (AvgIpc) is 2.54. The van der Waals surface area contributed by atoms with E-state index in [1.807, 2.05) is 25.1 Å². The van der Waals surface area contributed by atoms with E-state index in [4.69, 9.17) is 4.84 Å². The summed E-state index contributed by atoms with van der Waals surface area (Å²) in [4.78, 5) is 17.2. The lowest BCUT2D eigenvalue weighted by Gasteiger charge is -2.15. The van der Waals surface area contributed by atoms with Gasteiger partial charge in [-0.05, 0) is 58.7 Å². The Morgan fingerprint density at radius 1 is 1.21 bits per heavy atom. The number of nitrogens with zero attached hydrogens (tertiary/aromatic N) is 1. The summed E-state index contributed by atoms with van der Waals surface area (Å²) >= 11 is 3.28. The summed E-state index contributed by atoms with van der Waals surface area (Å²) in [6.45, 7) is 1.92.